The number of amides is 1. The molecule has 1 amide bonds. The monoisotopic (exact) mass is 307 g/mol. The van der Waals surface area contributed by atoms with Crippen LogP contribution in [-0.4, -0.2) is 22.9 Å². The Morgan fingerprint density at radius 3 is 2.36 bits per heavy atom. The summed E-state index contributed by atoms with van der Waals surface area (Å²) in [6.45, 7) is 7.12. The van der Waals surface area contributed by atoms with Gasteiger partial charge in [0.1, 0.15) is 5.82 Å². The third kappa shape index (κ3) is 6.30. The van der Waals surface area contributed by atoms with E-state index >= 15 is 0 Å². The Balaban J connectivity index is 0.00000211. The number of carbonyl (C=O) groups excluding carboxylic acids is 1. The van der Waals surface area contributed by atoms with Crippen LogP contribution in [0.25, 0.3) is 0 Å². The van der Waals surface area contributed by atoms with E-state index in [4.69, 9.17) is 5.41 Å². The lowest BCUT2D eigenvalue weighted by molar-refractivity contribution is -0.117. The minimum Gasteiger partial charge on any atom is -0.504 e. The molecule has 5 nitrogen and oxygen atoms in total. The van der Waals surface area contributed by atoms with E-state index in [1.54, 1.807) is 19.1 Å². The van der Waals surface area contributed by atoms with E-state index in [2.05, 4.69) is 10.3 Å². The van der Waals surface area contributed by atoms with Crippen LogP contribution in [0.5, 0.6) is 0 Å². The first-order chi connectivity index (χ1) is 10.5. The van der Waals surface area contributed by atoms with Gasteiger partial charge < -0.3 is 15.8 Å². The van der Waals surface area contributed by atoms with Gasteiger partial charge >= 0.3 is 0 Å². The Kier molecular flexibility index (Phi) is 9.09. The number of allylic oxidation sites excluding steroid dienone is 1. The number of aliphatic hydroxyl groups excluding tert-OH is 1. The van der Waals surface area contributed by atoms with Gasteiger partial charge in [0, 0.05) is 12.8 Å². The van der Waals surface area contributed by atoms with Gasteiger partial charge in [-0.15, -0.1) is 0 Å². The van der Waals surface area contributed by atoms with Crippen molar-refractivity contribution in [2.45, 2.75) is 34.2 Å². The van der Waals surface area contributed by atoms with Crippen LogP contribution in [0.4, 0.5) is 4.39 Å². The van der Waals surface area contributed by atoms with E-state index < -0.39 is 11.7 Å². The molecule has 22 heavy (non-hydrogen) atoms. The minimum absolute atomic E-state index is 0.150. The molecule has 120 valence electrons. The van der Waals surface area contributed by atoms with Crippen LogP contribution in [0.1, 0.15) is 33.3 Å². The molecule has 0 aliphatic rings. The van der Waals surface area contributed by atoms with E-state index in [1.165, 1.54) is 25.3 Å². The van der Waals surface area contributed by atoms with Crippen LogP contribution in [0.15, 0.2) is 40.7 Å². The fourth-order valence-electron chi connectivity index (χ4n) is 1.40. The van der Waals surface area contributed by atoms with Crippen molar-refractivity contribution in [2.24, 2.45) is 4.99 Å². The second kappa shape index (κ2) is 10.3. The van der Waals surface area contributed by atoms with Gasteiger partial charge in [-0.2, -0.15) is 0 Å². The summed E-state index contributed by atoms with van der Waals surface area (Å²) in [5.74, 6) is -1.43. The Hall–Kier alpha value is -2.50. The van der Waals surface area contributed by atoms with Crippen LogP contribution in [-0.2, 0) is 11.3 Å². The third-order valence-electron chi connectivity index (χ3n) is 2.42. The summed E-state index contributed by atoms with van der Waals surface area (Å²) >= 11 is 0. The average Bonchev–Trinajstić information content (AvgIpc) is 2.53. The molecule has 1 aromatic rings. The van der Waals surface area contributed by atoms with Gasteiger partial charge in [0.25, 0.3) is 5.91 Å². The highest BCUT2D eigenvalue weighted by Gasteiger charge is 2.15. The number of nitrogens with zero attached hydrogens (tertiary/aromatic N) is 1. The molecule has 0 saturated heterocycles. The van der Waals surface area contributed by atoms with Crippen molar-refractivity contribution in [3.05, 3.63) is 47.1 Å². The van der Waals surface area contributed by atoms with E-state index in [9.17, 15) is 14.3 Å². The number of rotatable bonds is 5. The molecule has 0 aromatic heterocycles. The molecule has 0 aliphatic heterocycles. The van der Waals surface area contributed by atoms with Crippen LogP contribution in [0.2, 0.25) is 0 Å². The van der Waals surface area contributed by atoms with Crippen LogP contribution >= 0.6 is 0 Å². The molecule has 0 aliphatic carbocycles. The quantitative estimate of drug-likeness (QED) is 0.442. The van der Waals surface area contributed by atoms with Crippen molar-refractivity contribution < 1.29 is 14.3 Å². The molecule has 0 spiro atoms. The van der Waals surface area contributed by atoms with E-state index in [-0.39, 0.29) is 23.8 Å². The molecule has 0 fully saturated rings. The minimum atomic E-state index is -0.600. The normalized spacial score (nSPS) is 11.3. The van der Waals surface area contributed by atoms with Gasteiger partial charge in [-0.05, 0) is 31.5 Å². The SMILES string of the molecule is CC.CC=N/C(C(=O)NCc1ccc(F)cc1)=C(/O)C(C)=N. The summed E-state index contributed by atoms with van der Waals surface area (Å²) in [7, 11) is 0. The molecule has 0 atom stereocenters. The molecule has 0 bridgehead atoms. The van der Waals surface area contributed by atoms with Crippen molar-refractivity contribution in [1.82, 2.24) is 5.32 Å². The zero-order valence-corrected chi connectivity index (χ0v) is 13.3. The summed E-state index contributed by atoms with van der Waals surface area (Å²) in [6.07, 6.45) is 1.35. The largest absolute Gasteiger partial charge is 0.504 e. The molecule has 0 radical (unpaired) electrons. The summed E-state index contributed by atoms with van der Waals surface area (Å²) in [6, 6.07) is 5.68. The number of aliphatic imine (C=N–C) groups is 1. The molecule has 6 heteroatoms. The molecular formula is C16H22FN3O2. The van der Waals surface area contributed by atoms with E-state index in [0.29, 0.717) is 5.56 Å². The number of carbonyl (C=O) groups is 1. The predicted molar refractivity (Wildman–Crippen MR) is 86.8 cm³/mol. The highest BCUT2D eigenvalue weighted by Crippen LogP contribution is 2.07. The summed E-state index contributed by atoms with van der Waals surface area (Å²) in [5, 5.41) is 19.5. The van der Waals surface area contributed by atoms with Crippen LogP contribution in [0.3, 0.4) is 0 Å². The van der Waals surface area contributed by atoms with Gasteiger partial charge in [-0.3, -0.25) is 9.79 Å². The van der Waals surface area contributed by atoms with Crippen molar-refractivity contribution in [3.8, 4) is 0 Å². The predicted octanol–water partition coefficient (Wildman–Crippen LogP) is 3.37. The molecule has 0 saturated carbocycles. The number of hydrogen-bond acceptors (Lipinski definition) is 4. The zero-order chi connectivity index (χ0) is 17.1. The molecule has 1 rings (SSSR count). The maximum Gasteiger partial charge on any atom is 0.274 e. The lowest BCUT2D eigenvalue weighted by atomic mass is 10.2. The lowest BCUT2D eigenvalue weighted by Crippen LogP contribution is -2.25. The number of benzene rings is 1. The number of hydrogen-bond donors (Lipinski definition) is 3. The van der Waals surface area contributed by atoms with Gasteiger partial charge in [0.2, 0.25) is 0 Å². The van der Waals surface area contributed by atoms with E-state index in [1.807, 2.05) is 13.8 Å². The fourth-order valence-corrected chi connectivity index (χ4v) is 1.40. The van der Waals surface area contributed by atoms with E-state index in [0.717, 1.165) is 0 Å². The number of aliphatic hydroxyl groups is 1. The Bertz CT molecular complexity index is 563. The van der Waals surface area contributed by atoms with Gasteiger partial charge in [-0.25, -0.2) is 4.39 Å². The van der Waals surface area contributed by atoms with Crippen LogP contribution in [0, 0.1) is 11.2 Å². The van der Waals surface area contributed by atoms with Gasteiger partial charge in [0.05, 0.1) is 5.71 Å². The summed E-state index contributed by atoms with van der Waals surface area (Å²) in [4.78, 5) is 15.7. The second-order valence-electron chi connectivity index (χ2n) is 4.02. The molecular weight excluding hydrogens is 285 g/mol. The Morgan fingerprint density at radius 2 is 1.91 bits per heavy atom. The van der Waals surface area contributed by atoms with Gasteiger partial charge in [0.15, 0.2) is 11.5 Å². The summed E-state index contributed by atoms with van der Waals surface area (Å²) in [5.41, 5.74) is 0.343. The number of halogens is 1. The smallest absolute Gasteiger partial charge is 0.274 e. The molecule has 3 N–H and O–H groups in total. The second-order valence-corrected chi connectivity index (χ2v) is 4.02. The average molecular weight is 307 g/mol. The maximum atomic E-state index is 12.7. The van der Waals surface area contributed by atoms with Crippen molar-refractivity contribution in [1.29, 1.82) is 5.41 Å². The first kappa shape index (κ1) is 19.5. The van der Waals surface area contributed by atoms with Crippen LogP contribution < -0.4 is 5.32 Å². The number of nitrogens with one attached hydrogen (secondary N) is 2. The Morgan fingerprint density at radius 1 is 1.36 bits per heavy atom. The first-order valence-electron chi connectivity index (χ1n) is 6.95. The Labute approximate surface area is 130 Å². The van der Waals surface area contributed by atoms with Crippen molar-refractivity contribution >= 4 is 17.8 Å². The molecule has 0 heterocycles. The molecule has 0 unspecified atom stereocenters. The zero-order valence-electron chi connectivity index (χ0n) is 13.3. The lowest BCUT2D eigenvalue weighted by Gasteiger charge is -2.07. The van der Waals surface area contributed by atoms with Crippen molar-refractivity contribution in [2.75, 3.05) is 0 Å². The van der Waals surface area contributed by atoms with Crippen molar-refractivity contribution in [3.63, 3.8) is 0 Å². The molecule has 1 aromatic carbocycles. The maximum absolute atomic E-state index is 12.7. The standard InChI is InChI=1S/C14H16FN3O2.C2H6/c1-3-17-12(13(19)9(2)16)14(20)18-8-10-4-6-11(15)7-5-10;1-2/h3-7,16,19H,8H2,1-2H3,(H,18,20);1-2H3/b13-12+,16-9?,17-3?;. The highest BCUT2D eigenvalue weighted by atomic mass is 19.1. The third-order valence-corrected chi connectivity index (χ3v) is 2.42. The fraction of sp³-hybridized carbons (Fsp3) is 0.312. The van der Waals surface area contributed by atoms with Gasteiger partial charge in [-0.1, -0.05) is 26.0 Å². The highest BCUT2D eigenvalue weighted by molar-refractivity contribution is 6.04. The summed E-state index contributed by atoms with van der Waals surface area (Å²) < 4.78 is 12.7. The first-order valence-corrected chi connectivity index (χ1v) is 6.95. The topological polar surface area (TPSA) is 85.5 Å².